The van der Waals surface area contributed by atoms with E-state index in [4.69, 9.17) is 4.74 Å². The van der Waals surface area contributed by atoms with Gasteiger partial charge in [0.25, 0.3) is 0 Å². The van der Waals surface area contributed by atoms with Gasteiger partial charge in [-0.1, -0.05) is 12.1 Å². The van der Waals surface area contributed by atoms with Crippen molar-refractivity contribution in [1.29, 1.82) is 0 Å². The monoisotopic (exact) mass is 324 g/mol. The minimum absolute atomic E-state index is 0.264. The zero-order valence-corrected chi connectivity index (χ0v) is 14.1. The smallest absolute Gasteiger partial charge is 0.222 e. The van der Waals surface area contributed by atoms with Gasteiger partial charge in [0.05, 0.1) is 7.11 Å². The van der Waals surface area contributed by atoms with Crippen molar-refractivity contribution in [2.45, 2.75) is 31.6 Å². The maximum atomic E-state index is 12.4. The maximum Gasteiger partial charge on any atom is 0.222 e. The molecule has 0 radical (unpaired) electrons. The quantitative estimate of drug-likeness (QED) is 0.846. The van der Waals surface area contributed by atoms with Gasteiger partial charge in [0.15, 0.2) is 0 Å². The highest BCUT2D eigenvalue weighted by molar-refractivity contribution is 5.76. The summed E-state index contributed by atoms with van der Waals surface area (Å²) in [5, 5.41) is 0. The Kier molecular flexibility index (Phi) is 5.47. The topological polar surface area (TPSA) is 42.4 Å². The second kappa shape index (κ2) is 7.95. The van der Waals surface area contributed by atoms with Crippen LogP contribution in [0.3, 0.4) is 0 Å². The van der Waals surface area contributed by atoms with E-state index in [2.05, 4.69) is 17.1 Å². The number of pyridine rings is 1. The molecule has 1 aliphatic heterocycles. The molecule has 0 saturated carbocycles. The number of carbonyl (C=O) groups excluding carboxylic acids is 1. The van der Waals surface area contributed by atoms with Crippen LogP contribution in [0.5, 0.6) is 5.75 Å². The fraction of sp³-hybridized carbons (Fsp3) is 0.400. The number of nitrogens with zero attached hydrogens (tertiary/aromatic N) is 2. The number of carbonyl (C=O) groups is 1. The zero-order valence-electron chi connectivity index (χ0n) is 14.1. The molecule has 0 unspecified atom stereocenters. The Morgan fingerprint density at radius 3 is 2.42 bits per heavy atom. The Morgan fingerprint density at radius 1 is 1.12 bits per heavy atom. The molecule has 0 bridgehead atoms. The van der Waals surface area contributed by atoms with E-state index in [1.807, 2.05) is 29.2 Å². The van der Waals surface area contributed by atoms with Gasteiger partial charge in [-0.25, -0.2) is 0 Å². The minimum Gasteiger partial charge on any atom is -0.497 e. The van der Waals surface area contributed by atoms with E-state index in [9.17, 15) is 4.79 Å². The first-order chi connectivity index (χ1) is 11.8. The van der Waals surface area contributed by atoms with Gasteiger partial charge in [0.1, 0.15) is 5.75 Å². The lowest BCUT2D eigenvalue weighted by Gasteiger charge is -2.32. The van der Waals surface area contributed by atoms with E-state index < -0.39 is 0 Å². The first kappa shape index (κ1) is 16.5. The fourth-order valence-corrected chi connectivity index (χ4v) is 3.30. The van der Waals surface area contributed by atoms with Crippen LogP contribution in [0.25, 0.3) is 0 Å². The summed E-state index contributed by atoms with van der Waals surface area (Å²) in [6.07, 6.45) is 7.00. The van der Waals surface area contributed by atoms with Crippen molar-refractivity contribution in [2.75, 3.05) is 20.2 Å². The summed E-state index contributed by atoms with van der Waals surface area (Å²) >= 11 is 0. The molecule has 1 amide bonds. The molecule has 1 fully saturated rings. The number of piperidine rings is 1. The van der Waals surface area contributed by atoms with Gasteiger partial charge in [-0.2, -0.15) is 0 Å². The number of aryl methyl sites for hydroxylation is 1. The second-order valence-electron chi connectivity index (χ2n) is 6.28. The van der Waals surface area contributed by atoms with Crippen LogP contribution in [-0.4, -0.2) is 36.0 Å². The SMILES string of the molecule is COc1ccc(C2CCN(C(=O)CCc3ccncc3)CC2)cc1. The third-order valence-corrected chi connectivity index (χ3v) is 4.81. The number of likely N-dealkylation sites (tertiary alicyclic amines) is 1. The molecule has 1 aromatic carbocycles. The van der Waals surface area contributed by atoms with Crippen LogP contribution >= 0.6 is 0 Å². The number of benzene rings is 1. The minimum atomic E-state index is 0.264. The molecule has 2 aromatic rings. The molecule has 4 heteroatoms. The zero-order chi connectivity index (χ0) is 16.8. The van der Waals surface area contributed by atoms with Crippen molar-refractivity contribution >= 4 is 5.91 Å². The molecular formula is C20H24N2O2. The highest BCUT2D eigenvalue weighted by Gasteiger charge is 2.23. The number of methoxy groups -OCH3 is 1. The molecule has 3 rings (SSSR count). The highest BCUT2D eigenvalue weighted by atomic mass is 16.5. The van der Waals surface area contributed by atoms with Crippen LogP contribution in [0.15, 0.2) is 48.8 Å². The van der Waals surface area contributed by atoms with E-state index in [1.165, 1.54) is 11.1 Å². The Hall–Kier alpha value is -2.36. The van der Waals surface area contributed by atoms with Gasteiger partial charge < -0.3 is 9.64 Å². The lowest BCUT2D eigenvalue weighted by atomic mass is 9.89. The van der Waals surface area contributed by atoms with Crippen molar-refractivity contribution in [1.82, 2.24) is 9.88 Å². The van der Waals surface area contributed by atoms with Crippen molar-refractivity contribution in [3.63, 3.8) is 0 Å². The average molecular weight is 324 g/mol. The predicted octanol–water partition coefficient (Wildman–Crippen LogP) is 3.43. The molecular weight excluding hydrogens is 300 g/mol. The van der Waals surface area contributed by atoms with E-state index >= 15 is 0 Å². The highest BCUT2D eigenvalue weighted by Crippen LogP contribution is 2.29. The lowest BCUT2D eigenvalue weighted by Crippen LogP contribution is -2.38. The number of amides is 1. The fourth-order valence-electron chi connectivity index (χ4n) is 3.30. The van der Waals surface area contributed by atoms with E-state index in [0.29, 0.717) is 12.3 Å². The number of aromatic nitrogens is 1. The predicted molar refractivity (Wildman–Crippen MR) is 94.1 cm³/mol. The van der Waals surface area contributed by atoms with E-state index in [1.54, 1.807) is 19.5 Å². The number of rotatable bonds is 5. The van der Waals surface area contributed by atoms with Gasteiger partial charge in [-0.3, -0.25) is 9.78 Å². The normalized spacial score (nSPS) is 15.3. The van der Waals surface area contributed by atoms with Gasteiger partial charge in [0.2, 0.25) is 5.91 Å². The molecule has 1 aromatic heterocycles. The van der Waals surface area contributed by atoms with E-state index in [-0.39, 0.29) is 5.91 Å². The van der Waals surface area contributed by atoms with Crippen molar-refractivity contribution in [3.05, 3.63) is 59.9 Å². The van der Waals surface area contributed by atoms with Crippen LogP contribution in [0.1, 0.15) is 36.3 Å². The third kappa shape index (κ3) is 4.13. The molecule has 0 N–H and O–H groups in total. The average Bonchev–Trinajstić information content (AvgIpc) is 2.67. The first-order valence-electron chi connectivity index (χ1n) is 8.57. The summed E-state index contributed by atoms with van der Waals surface area (Å²) in [5.74, 6) is 1.70. The van der Waals surface area contributed by atoms with Crippen molar-refractivity contribution in [3.8, 4) is 5.75 Å². The summed E-state index contributed by atoms with van der Waals surface area (Å²) in [5.41, 5.74) is 2.52. The largest absolute Gasteiger partial charge is 0.497 e. The maximum absolute atomic E-state index is 12.4. The molecule has 0 aliphatic carbocycles. The summed E-state index contributed by atoms with van der Waals surface area (Å²) in [4.78, 5) is 18.4. The Labute approximate surface area is 143 Å². The van der Waals surface area contributed by atoms with E-state index in [0.717, 1.165) is 38.1 Å². The molecule has 0 atom stereocenters. The number of ether oxygens (including phenoxy) is 1. The molecule has 24 heavy (non-hydrogen) atoms. The lowest BCUT2D eigenvalue weighted by molar-refractivity contribution is -0.132. The molecule has 1 saturated heterocycles. The number of hydrogen-bond acceptors (Lipinski definition) is 3. The van der Waals surface area contributed by atoms with Crippen LogP contribution in [0.2, 0.25) is 0 Å². The van der Waals surface area contributed by atoms with Crippen molar-refractivity contribution in [2.24, 2.45) is 0 Å². The van der Waals surface area contributed by atoms with Crippen LogP contribution in [-0.2, 0) is 11.2 Å². The van der Waals surface area contributed by atoms with Crippen LogP contribution < -0.4 is 4.74 Å². The van der Waals surface area contributed by atoms with Crippen molar-refractivity contribution < 1.29 is 9.53 Å². The van der Waals surface area contributed by atoms with Gasteiger partial charge in [-0.15, -0.1) is 0 Å². The van der Waals surface area contributed by atoms with Gasteiger partial charge >= 0.3 is 0 Å². The standard InChI is InChI=1S/C20H24N2O2/c1-24-19-5-3-17(4-6-19)18-10-14-22(15-11-18)20(23)7-2-16-8-12-21-13-9-16/h3-6,8-9,12-13,18H,2,7,10-11,14-15H2,1H3. The summed E-state index contributed by atoms with van der Waals surface area (Å²) in [6.45, 7) is 1.71. The summed E-state index contributed by atoms with van der Waals surface area (Å²) in [6, 6.07) is 12.3. The molecule has 0 spiro atoms. The summed E-state index contributed by atoms with van der Waals surface area (Å²) < 4.78 is 5.21. The molecule has 1 aliphatic rings. The first-order valence-corrected chi connectivity index (χ1v) is 8.57. The summed E-state index contributed by atoms with van der Waals surface area (Å²) in [7, 11) is 1.69. The van der Waals surface area contributed by atoms with Crippen LogP contribution in [0.4, 0.5) is 0 Å². The molecule has 2 heterocycles. The Balaban J connectivity index is 1.48. The Bertz CT molecular complexity index is 647. The van der Waals surface area contributed by atoms with Gasteiger partial charge in [-0.05, 0) is 60.6 Å². The van der Waals surface area contributed by atoms with Gasteiger partial charge in [0, 0.05) is 31.9 Å². The second-order valence-corrected chi connectivity index (χ2v) is 6.28. The number of hydrogen-bond donors (Lipinski definition) is 0. The van der Waals surface area contributed by atoms with Crippen LogP contribution in [0, 0.1) is 0 Å². The molecule has 126 valence electrons. The Morgan fingerprint density at radius 2 is 1.79 bits per heavy atom. The molecule has 4 nitrogen and oxygen atoms in total. The third-order valence-electron chi connectivity index (χ3n) is 4.81.